The van der Waals surface area contributed by atoms with Gasteiger partial charge in [0.1, 0.15) is 17.4 Å². The van der Waals surface area contributed by atoms with E-state index in [1.165, 1.54) is 4.90 Å². The first-order chi connectivity index (χ1) is 13.1. The van der Waals surface area contributed by atoms with Gasteiger partial charge in [-0.25, -0.2) is 4.79 Å². The maximum Gasteiger partial charge on any atom is 0.347 e. The monoisotopic (exact) mass is 388 g/mol. The SMILES string of the molecule is C[C@H](Oc1cccc2c1CN([C@H]1CCC(=O)NC1=O)C2=O)C(=O)OC(C)(C)C. The number of nitrogens with one attached hydrogen (secondary N) is 1. The van der Waals surface area contributed by atoms with E-state index in [1.54, 1.807) is 45.9 Å². The highest BCUT2D eigenvalue weighted by molar-refractivity contribution is 6.05. The standard InChI is InChI=1S/C20H24N2O6/c1-11(19(26)28-20(2,3)4)27-15-7-5-6-12-13(15)10-22(18(12)25)14-8-9-16(23)21-17(14)24/h5-7,11,14H,8-10H2,1-4H3,(H,21,23,24)/t11-,14-/m0/s1. The Labute approximate surface area is 163 Å². The molecule has 8 nitrogen and oxygen atoms in total. The number of carbonyl (C=O) groups excluding carboxylic acids is 4. The lowest BCUT2D eigenvalue weighted by Gasteiger charge is -2.29. The molecule has 1 saturated heterocycles. The third-order valence-electron chi connectivity index (χ3n) is 4.58. The van der Waals surface area contributed by atoms with Crippen LogP contribution in [0.3, 0.4) is 0 Å². The van der Waals surface area contributed by atoms with Gasteiger partial charge in [0.15, 0.2) is 6.10 Å². The van der Waals surface area contributed by atoms with E-state index in [2.05, 4.69) is 5.32 Å². The summed E-state index contributed by atoms with van der Waals surface area (Å²) in [5.74, 6) is -1.20. The number of rotatable bonds is 4. The van der Waals surface area contributed by atoms with E-state index in [0.717, 1.165) is 0 Å². The van der Waals surface area contributed by atoms with Gasteiger partial charge in [-0.05, 0) is 46.2 Å². The van der Waals surface area contributed by atoms with Crippen molar-refractivity contribution < 1.29 is 28.7 Å². The molecule has 2 atom stereocenters. The topological polar surface area (TPSA) is 102 Å². The van der Waals surface area contributed by atoms with Gasteiger partial charge in [0, 0.05) is 17.5 Å². The van der Waals surface area contributed by atoms with Crippen LogP contribution in [0.4, 0.5) is 0 Å². The van der Waals surface area contributed by atoms with Gasteiger partial charge in [0.2, 0.25) is 11.8 Å². The van der Waals surface area contributed by atoms with E-state index in [9.17, 15) is 19.2 Å². The molecule has 0 unspecified atom stereocenters. The summed E-state index contributed by atoms with van der Waals surface area (Å²) in [6.45, 7) is 7.08. The largest absolute Gasteiger partial charge is 0.479 e. The number of fused-ring (bicyclic) bond motifs is 1. The Morgan fingerprint density at radius 2 is 1.96 bits per heavy atom. The molecule has 150 valence electrons. The van der Waals surface area contributed by atoms with Crippen molar-refractivity contribution in [1.29, 1.82) is 0 Å². The molecule has 2 heterocycles. The molecule has 0 aromatic heterocycles. The maximum absolute atomic E-state index is 12.8. The third-order valence-corrected chi connectivity index (χ3v) is 4.58. The van der Waals surface area contributed by atoms with E-state index in [4.69, 9.17) is 9.47 Å². The summed E-state index contributed by atoms with van der Waals surface area (Å²) in [6.07, 6.45) is -0.379. The highest BCUT2D eigenvalue weighted by atomic mass is 16.6. The van der Waals surface area contributed by atoms with Crippen LogP contribution in [0.2, 0.25) is 0 Å². The van der Waals surface area contributed by atoms with E-state index in [1.807, 2.05) is 0 Å². The van der Waals surface area contributed by atoms with E-state index in [-0.39, 0.29) is 31.2 Å². The zero-order chi connectivity index (χ0) is 20.6. The van der Waals surface area contributed by atoms with Crippen molar-refractivity contribution in [2.75, 3.05) is 0 Å². The van der Waals surface area contributed by atoms with Crippen LogP contribution in [0.25, 0.3) is 0 Å². The van der Waals surface area contributed by atoms with Crippen LogP contribution in [0.15, 0.2) is 18.2 Å². The van der Waals surface area contributed by atoms with Crippen molar-refractivity contribution in [1.82, 2.24) is 10.2 Å². The van der Waals surface area contributed by atoms with Crippen molar-refractivity contribution in [3.05, 3.63) is 29.3 Å². The predicted octanol–water partition coefficient (Wildman–Crippen LogP) is 1.56. The average molecular weight is 388 g/mol. The number of benzene rings is 1. The highest BCUT2D eigenvalue weighted by Crippen LogP contribution is 2.34. The Morgan fingerprint density at radius 3 is 2.61 bits per heavy atom. The number of ether oxygens (including phenoxy) is 2. The Hall–Kier alpha value is -2.90. The number of piperidine rings is 1. The van der Waals surface area contributed by atoms with E-state index in [0.29, 0.717) is 16.9 Å². The van der Waals surface area contributed by atoms with Crippen LogP contribution in [-0.4, -0.2) is 46.3 Å². The van der Waals surface area contributed by atoms with Gasteiger partial charge in [-0.15, -0.1) is 0 Å². The van der Waals surface area contributed by atoms with Gasteiger partial charge >= 0.3 is 5.97 Å². The Kier molecular flexibility index (Phi) is 5.14. The first-order valence-electron chi connectivity index (χ1n) is 9.23. The van der Waals surface area contributed by atoms with Gasteiger partial charge in [-0.1, -0.05) is 6.07 Å². The summed E-state index contributed by atoms with van der Waals surface area (Å²) < 4.78 is 11.1. The Morgan fingerprint density at radius 1 is 1.25 bits per heavy atom. The van der Waals surface area contributed by atoms with Gasteiger partial charge < -0.3 is 14.4 Å². The zero-order valence-electron chi connectivity index (χ0n) is 16.4. The minimum absolute atomic E-state index is 0.178. The molecule has 8 heteroatoms. The summed E-state index contributed by atoms with van der Waals surface area (Å²) in [5.41, 5.74) is 0.414. The van der Waals surface area contributed by atoms with Crippen molar-refractivity contribution in [2.24, 2.45) is 0 Å². The summed E-state index contributed by atoms with van der Waals surface area (Å²) >= 11 is 0. The van der Waals surface area contributed by atoms with Crippen molar-refractivity contribution >= 4 is 23.7 Å². The van der Waals surface area contributed by atoms with Crippen LogP contribution < -0.4 is 10.1 Å². The molecule has 2 aliphatic heterocycles. The number of esters is 1. The quantitative estimate of drug-likeness (QED) is 0.620. The smallest absolute Gasteiger partial charge is 0.347 e. The molecule has 28 heavy (non-hydrogen) atoms. The Balaban J connectivity index is 1.78. The average Bonchev–Trinajstić information content (AvgIpc) is 2.91. The van der Waals surface area contributed by atoms with Crippen LogP contribution in [0, 0.1) is 0 Å². The first-order valence-corrected chi connectivity index (χ1v) is 9.23. The highest BCUT2D eigenvalue weighted by Gasteiger charge is 2.40. The fourth-order valence-electron chi connectivity index (χ4n) is 3.29. The molecule has 0 spiro atoms. The lowest BCUT2D eigenvalue weighted by Crippen LogP contribution is -2.52. The summed E-state index contributed by atoms with van der Waals surface area (Å²) in [4.78, 5) is 50.0. The van der Waals surface area contributed by atoms with Gasteiger partial charge in [-0.3, -0.25) is 19.7 Å². The zero-order valence-corrected chi connectivity index (χ0v) is 16.4. The molecular formula is C20H24N2O6. The molecule has 1 fully saturated rings. The van der Waals surface area contributed by atoms with Crippen LogP contribution in [0.5, 0.6) is 5.75 Å². The van der Waals surface area contributed by atoms with Crippen molar-refractivity contribution in [2.45, 2.75) is 64.8 Å². The third kappa shape index (κ3) is 4.00. The van der Waals surface area contributed by atoms with Crippen LogP contribution in [-0.2, 0) is 25.7 Å². The molecule has 0 saturated carbocycles. The molecule has 0 bridgehead atoms. The lowest BCUT2D eigenvalue weighted by molar-refractivity contribution is -0.162. The van der Waals surface area contributed by atoms with Gasteiger partial charge in [-0.2, -0.15) is 0 Å². The molecule has 2 aliphatic rings. The summed E-state index contributed by atoms with van der Waals surface area (Å²) in [6, 6.07) is 4.31. The summed E-state index contributed by atoms with van der Waals surface area (Å²) in [5, 5.41) is 2.27. The molecule has 3 amide bonds. The number of amides is 3. The summed E-state index contributed by atoms with van der Waals surface area (Å²) in [7, 11) is 0. The van der Waals surface area contributed by atoms with E-state index >= 15 is 0 Å². The second kappa shape index (κ2) is 7.26. The molecule has 1 N–H and O–H groups in total. The van der Waals surface area contributed by atoms with E-state index < -0.39 is 29.6 Å². The number of hydrogen-bond donors (Lipinski definition) is 1. The minimum Gasteiger partial charge on any atom is -0.479 e. The minimum atomic E-state index is -0.856. The van der Waals surface area contributed by atoms with Crippen LogP contribution >= 0.6 is 0 Å². The fourth-order valence-corrected chi connectivity index (χ4v) is 3.29. The molecule has 0 aliphatic carbocycles. The number of nitrogens with zero attached hydrogens (tertiary/aromatic N) is 1. The number of imide groups is 1. The predicted molar refractivity (Wildman–Crippen MR) is 98.4 cm³/mol. The molecule has 1 aromatic carbocycles. The molecular weight excluding hydrogens is 364 g/mol. The molecule has 0 radical (unpaired) electrons. The molecule has 3 rings (SSSR count). The maximum atomic E-state index is 12.8. The van der Waals surface area contributed by atoms with Crippen LogP contribution in [0.1, 0.15) is 56.5 Å². The van der Waals surface area contributed by atoms with Gasteiger partial charge in [0.25, 0.3) is 5.91 Å². The van der Waals surface area contributed by atoms with Crippen molar-refractivity contribution in [3.8, 4) is 5.75 Å². The molecule has 1 aromatic rings. The number of carbonyl (C=O) groups is 4. The second-order valence-electron chi connectivity index (χ2n) is 7.98. The number of hydrogen-bond acceptors (Lipinski definition) is 6. The lowest BCUT2D eigenvalue weighted by atomic mass is 10.0. The normalized spacial score (nSPS) is 20.5. The first kappa shape index (κ1) is 19.9. The Bertz CT molecular complexity index is 842. The fraction of sp³-hybridized carbons (Fsp3) is 0.500. The van der Waals surface area contributed by atoms with Gasteiger partial charge in [0.05, 0.1) is 6.54 Å². The second-order valence-corrected chi connectivity index (χ2v) is 7.98. The van der Waals surface area contributed by atoms with Crippen molar-refractivity contribution in [3.63, 3.8) is 0 Å².